The molecule has 1 unspecified atom stereocenters. The molecule has 0 fully saturated rings. The number of hydrogen-bond acceptors (Lipinski definition) is 20. The number of nitrogens with one attached hydrogen (secondary N) is 1. The first-order chi connectivity index (χ1) is 33.0. The maximum Gasteiger partial charge on any atom is 2.00 e. The van der Waals surface area contributed by atoms with Crippen LogP contribution in [0, 0.1) is 0 Å². The van der Waals surface area contributed by atoms with Crippen molar-refractivity contribution in [2.24, 2.45) is 0 Å². The van der Waals surface area contributed by atoms with E-state index < -0.39 is 108 Å². The van der Waals surface area contributed by atoms with Crippen molar-refractivity contribution in [2.75, 3.05) is 85.3 Å². The van der Waals surface area contributed by atoms with Gasteiger partial charge in [0, 0.05) is 71.7 Å². The number of carboxylic acid groups (broad SMARTS) is 4. The van der Waals surface area contributed by atoms with Crippen molar-refractivity contribution in [1.29, 1.82) is 0 Å². The molecule has 0 saturated heterocycles. The summed E-state index contributed by atoms with van der Waals surface area (Å²) in [5.74, 6) is -8.17. The molecule has 13 N–H and O–H groups in total. The monoisotopic (exact) mass is 1120 g/mol. The van der Waals surface area contributed by atoms with Crippen LogP contribution in [0.1, 0.15) is 168 Å². The van der Waals surface area contributed by atoms with Gasteiger partial charge in [-0.2, -0.15) is 0 Å². The number of carboxylic acids is 4. The molecule has 1 amide bonds. The van der Waals surface area contributed by atoms with Crippen LogP contribution in [-0.2, 0) is 73.7 Å². The smallest absolute Gasteiger partial charge is 0.756 e. The second-order valence-electron chi connectivity index (χ2n) is 17.5. The molecule has 1 radical (unpaired) electrons. The third kappa shape index (κ3) is 53.3. The zero-order valence-electron chi connectivity index (χ0n) is 44.8. The van der Waals surface area contributed by atoms with E-state index in [1.54, 1.807) is 0 Å². The number of rotatable bonds is 50. The average Bonchev–Trinajstić information content (AvgIpc) is 3.27. The first kappa shape index (κ1) is 78.6. The fourth-order valence-electron chi connectivity index (χ4n) is 7.30. The molecule has 0 aliphatic heterocycles. The van der Waals surface area contributed by atoms with Gasteiger partial charge in [-0.3, -0.25) is 33.6 Å². The van der Waals surface area contributed by atoms with Crippen molar-refractivity contribution in [3.8, 4) is 0 Å². The Balaban J connectivity index is -0.00000385. The molecule has 0 aromatic heterocycles. The Kier molecular flexibility index (Phi) is 56.1. The van der Waals surface area contributed by atoms with Gasteiger partial charge in [0.2, 0.25) is 5.91 Å². The minimum absolute atomic E-state index is 0. The molecule has 435 valence electrons. The second-order valence-corrected chi connectivity index (χ2v) is 18.9. The maximum atomic E-state index is 12.8. The van der Waals surface area contributed by atoms with Crippen LogP contribution >= 0.6 is 7.82 Å². The van der Waals surface area contributed by atoms with E-state index in [1.165, 1.54) is 81.9 Å². The van der Waals surface area contributed by atoms with Crippen LogP contribution in [0.25, 0.3) is 0 Å². The summed E-state index contributed by atoms with van der Waals surface area (Å²) < 4.78 is 33.3. The summed E-state index contributed by atoms with van der Waals surface area (Å²) in [5.41, 5.74) is 0. The summed E-state index contributed by atoms with van der Waals surface area (Å²) in [6.45, 7) is -2.21. The number of amides is 1. The number of phosphoric acid groups is 1. The van der Waals surface area contributed by atoms with E-state index in [1.807, 2.05) is 0 Å². The van der Waals surface area contributed by atoms with E-state index in [4.69, 9.17) is 18.5 Å². The van der Waals surface area contributed by atoms with Gasteiger partial charge in [-0.1, -0.05) is 142 Å². The standard InChI is InChI=1S/C47H87N4O17P.Cu.3H3N/c1-3-5-7-9-11-13-15-17-19-21-23-25-46(61)65-38-40(68-47(62)26-24-22-20-18-16-14-12-10-8-6-4-2)39-67-69(63,64)66-32-27-48-41(52)33-50(35-43(55)56)30-28-49(34-42(53)54)29-31-51(36-44(57)58)37-45(59)60;;;;/h40H,3-39H2,1-2H3,(H,48,52)(H,53,54)(H,55,56)(H,57,58)(H,59,60)(H,63,64);;3*1H3/q;+2;;;/p-2/t40-;;;;/m1..../s1. The molecule has 73 heavy (non-hydrogen) atoms. The fraction of sp³-hybridized carbons (Fsp3) is 0.851. The van der Waals surface area contributed by atoms with Crippen molar-refractivity contribution in [2.45, 2.75) is 174 Å². The summed E-state index contributed by atoms with van der Waals surface area (Å²) in [5, 5.41) is 47.1. The van der Waals surface area contributed by atoms with Crippen molar-refractivity contribution < 1.29 is 99.0 Å². The summed E-state index contributed by atoms with van der Waals surface area (Å²) >= 11 is 0. The maximum absolute atomic E-state index is 12.8. The first-order valence-electron chi connectivity index (χ1n) is 25.1. The summed E-state index contributed by atoms with van der Waals surface area (Å²) in [6, 6.07) is 0. The number of quaternary nitrogens is 3. The Morgan fingerprint density at radius 1 is 0.479 bits per heavy atom. The van der Waals surface area contributed by atoms with E-state index in [-0.39, 0.29) is 81.1 Å². The quantitative estimate of drug-likeness (QED) is 0.0290. The molecule has 0 saturated carbocycles. The number of unbranched alkanes of at least 4 members (excludes halogenated alkanes) is 20. The van der Waals surface area contributed by atoms with Crippen LogP contribution in [-0.4, -0.2) is 148 Å². The van der Waals surface area contributed by atoms with Gasteiger partial charge < -0.3 is 86.8 Å². The van der Waals surface area contributed by atoms with Gasteiger partial charge in [0.25, 0.3) is 7.82 Å². The van der Waals surface area contributed by atoms with Gasteiger partial charge in [0.1, 0.15) is 6.61 Å². The number of phosphoric ester groups is 1. The van der Waals surface area contributed by atoms with E-state index in [2.05, 4.69) is 19.2 Å². The van der Waals surface area contributed by atoms with E-state index in [9.17, 15) is 63.4 Å². The van der Waals surface area contributed by atoms with Crippen molar-refractivity contribution in [3.05, 3.63) is 0 Å². The summed E-state index contributed by atoms with van der Waals surface area (Å²) in [4.78, 5) is 98.6. The zero-order valence-corrected chi connectivity index (χ0v) is 46.6. The molecule has 0 heterocycles. The minimum Gasteiger partial charge on any atom is -0.756 e. The van der Waals surface area contributed by atoms with Crippen molar-refractivity contribution in [3.63, 3.8) is 0 Å². The molecule has 0 rings (SSSR count). The molecule has 0 aromatic carbocycles. The normalized spacial score (nSPS) is 12.1. The third-order valence-corrected chi connectivity index (χ3v) is 12.0. The van der Waals surface area contributed by atoms with E-state index in [0.717, 1.165) is 61.2 Å². The minimum atomic E-state index is -5.06. The number of aliphatic carboxylic acids is 4. The van der Waals surface area contributed by atoms with Crippen LogP contribution in [0.15, 0.2) is 0 Å². The van der Waals surface area contributed by atoms with Crippen LogP contribution < -0.4 is 49.1 Å². The third-order valence-electron chi connectivity index (χ3n) is 11.0. The van der Waals surface area contributed by atoms with Gasteiger partial charge in [0.15, 0.2) is 6.10 Å². The van der Waals surface area contributed by atoms with Crippen LogP contribution in [0.3, 0.4) is 0 Å². The predicted molar refractivity (Wildman–Crippen MR) is 263 cm³/mol. The molecule has 0 bridgehead atoms. The number of carbonyl (C=O) groups excluding carboxylic acids is 7. The number of ether oxygens (including phenoxy) is 2. The van der Waals surface area contributed by atoms with Crippen LogP contribution in [0.4, 0.5) is 0 Å². The molecule has 0 aromatic rings. The number of esters is 2. The van der Waals surface area contributed by atoms with E-state index >= 15 is 0 Å². The van der Waals surface area contributed by atoms with Gasteiger partial charge in [-0.25, -0.2) is 0 Å². The molecule has 24 nitrogen and oxygen atoms in total. The zero-order chi connectivity index (χ0) is 51.5. The van der Waals surface area contributed by atoms with Crippen LogP contribution in [0.2, 0.25) is 0 Å². The summed E-state index contributed by atoms with van der Waals surface area (Å²) in [6.07, 6.45) is 23.2. The summed E-state index contributed by atoms with van der Waals surface area (Å²) in [7, 11) is -5.06. The molecule has 0 aliphatic rings. The molecular formula is C47H94CuN7O17P. The fourth-order valence-corrected chi connectivity index (χ4v) is 8.04. The van der Waals surface area contributed by atoms with Gasteiger partial charge in [-0.15, -0.1) is 0 Å². The van der Waals surface area contributed by atoms with Crippen LogP contribution in [0.5, 0.6) is 0 Å². The Morgan fingerprint density at radius 2 is 0.822 bits per heavy atom. The largest absolute Gasteiger partial charge is 2.00 e. The van der Waals surface area contributed by atoms with Gasteiger partial charge in [0.05, 0.1) is 43.6 Å². The van der Waals surface area contributed by atoms with E-state index in [0.29, 0.717) is 12.8 Å². The molecular weight excluding hydrogens is 1030 g/mol. The van der Waals surface area contributed by atoms with Gasteiger partial charge >= 0.3 is 29.0 Å². The second kappa shape index (κ2) is 52.1. The number of carbonyl (C=O) groups is 7. The predicted octanol–water partition coefficient (Wildman–Crippen LogP) is 1.49. The van der Waals surface area contributed by atoms with Crippen molar-refractivity contribution in [1.82, 2.24) is 38.5 Å². The van der Waals surface area contributed by atoms with Crippen molar-refractivity contribution >= 4 is 49.5 Å². The first-order valence-corrected chi connectivity index (χ1v) is 26.6. The topological polar surface area (TPSA) is 420 Å². The Labute approximate surface area is 444 Å². The molecule has 2 atom stereocenters. The SMILES string of the molecule is CCCCCCCCCCCCCC(=O)OC[C@H](COP(=O)([O-])OCCNC(=O)CN(CCN(CCN(CC(=O)[O-])CC(=O)[O-])CC(=O)[O-])CC(=O)[O-])OC(=O)CCCCCCCCCCCCC.[Cu+2].[NH4+].[NH4+].[NH4+]. The average molecular weight is 1120 g/mol. The number of nitrogens with zero attached hydrogens (tertiary/aromatic N) is 3. The van der Waals surface area contributed by atoms with Gasteiger partial charge in [-0.05, 0) is 12.8 Å². The molecule has 0 spiro atoms. The Bertz CT molecular complexity index is 1480. The molecule has 0 aliphatic carbocycles. The Hall–Kier alpha value is -3.32. The Morgan fingerprint density at radius 3 is 1.22 bits per heavy atom. The number of hydrogen-bond donors (Lipinski definition) is 4. The molecule has 26 heteroatoms.